The van der Waals surface area contributed by atoms with Crippen LogP contribution in [0.3, 0.4) is 0 Å². The van der Waals surface area contributed by atoms with Gasteiger partial charge >= 0.3 is 13.7 Å². The zero-order chi connectivity index (χ0) is 22.1. The molecular weight excluding hydrogens is 415 g/mol. The number of nitrogens with zero attached hydrogens (tertiary/aromatic N) is 1. The maximum Gasteiger partial charge on any atom is 0.513 e. The van der Waals surface area contributed by atoms with Crippen LogP contribution in [0.2, 0.25) is 0 Å². The van der Waals surface area contributed by atoms with Crippen molar-refractivity contribution >= 4 is 19.4 Å². The number of para-hydroxylation sites is 1. The van der Waals surface area contributed by atoms with Gasteiger partial charge in [0.2, 0.25) is 0 Å². The van der Waals surface area contributed by atoms with Crippen molar-refractivity contribution in [3.8, 4) is 11.5 Å². The molecule has 3 atom stereocenters. The molecule has 0 heterocycles. The molecule has 2 aromatic carbocycles. The Morgan fingerprint density at radius 1 is 1.07 bits per heavy atom. The Balaban J connectivity index is 2.17. The van der Waals surface area contributed by atoms with E-state index in [-0.39, 0.29) is 29.9 Å². The Kier molecular flexibility index (Phi) is 8.35. The van der Waals surface area contributed by atoms with E-state index in [4.69, 9.17) is 18.5 Å². The number of hydrogen-bond acceptors (Lipinski definition) is 8. The lowest BCUT2D eigenvalue weighted by Gasteiger charge is -2.23. The van der Waals surface area contributed by atoms with Crippen molar-refractivity contribution in [1.29, 1.82) is 0 Å². The van der Waals surface area contributed by atoms with Gasteiger partial charge in [0.25, 0.3) is 5.69 Å². The molecule has 162 valence electrons. The van der Waals surface area contributed by atoms with Crippen LogP contribution in [0.5, 0.6) is 11.5 Å². The van der Waals surface area contributed by atoms with Gasteiger partial charge in [0, 0.05) is 19.2 Å². The summed E-state index contributed by atoms with van der Waals surface area (Å²) in [5.74, 6) is -0.382. The van der Waals surface area contributed by atoms with Crippen molar-refractivity contribution in [3.63, 3.8) is 0 Å². The van der Waals surface area contributed by atoms with E-state index in [1.54, 1.807) is 37.3 Å². The molecule has 10 nitrogen and oxygen atoms in total. The predicted molar refractivity (Wildman–Crippen MR) is 108 cm³/mol. The number of hydrogen-bond donors (Lipinski definition) is 1. The van der Waals surface area contributed by atoms with Crippen LogP contribution in [0, 0.1) is 10.1 Å². The average Bonchev–Trinajstić information content (AvgIpc) is 2.72. The van der Waals surface area contributed by atoms with E-state index < -0.39 is 24.7 Å². The molecule has 0 amide bonds. The minimum atomic E-state index is -4.12. The largest absolute Gasteiger partial charge is 0.513 e. The van der Waals surface area contributed by atoms with E-state index in [9.17, 15) is 19.5 Å². The van der Waals surface area contributed by atoms with Gasteiger partial charge in [-0.25, -0.2) is 4.57 Å². The van der Waals surface area contributed by atoms with E-state index in [2.05, 4.69) is 5.09 Å². The van der Waals surface area contributed by atoms with Crippen LogP contribution < -0.4 is 14.1 Å². The number of carbonyl (C=O) groups is 1. The Bertz CT molecular complexity index is 891. The van der Waals surface area contributed by atoms with Crippen LogP contribution in [0.4, 0.5) is 5.69 Å². The fourth-order valence-electron chi connectivity index (χ4n) is 2.14. The maximum atomic E-state index is 13.4. The third-order valence-electron chi connectivity index (χ3n) is 3.81. The van der Waals surface area contributed by atoms with E-state index in [0.717, 1.165) is 0 Å². The van der Waals surface area contributed by atoms with Gasteiger partial charge in [-0.3, -0.25) is 14.9 Å². The molecule has 0 radical (unpaired) electrons. The van der Waals surface area contributed by atoms with Crippen LogP contribution in [-0.4, -0.2) is 36.8 Å². The van der Waals surface area contributed by atoms with Crippen LogP contribution in [-0.2, 0) is 18.8 Å². The second-order valence-corrected chi connectivity index (χ2v) is 7.89. The van der Waals surface area contributed by atoms with Crippen molar-refractivity contribution in [2.24, 2.45) is 0 Å². The second-order valence-electron chi connectivity index (χ2n) is 6.27. The highest BCUT2D eigenvalue weighted by molar-refractivity contribution is 7.52. The molecule has 0 aromatic heterocycles. The summed E-state index contributed by atoms with van der Waals surface area (Å²) in [4.78, 5) is 22.5. The quantitative estimate of drug-likeness (QED) is 0.242. The third kappa shape index (κ3) is 7.14. The van der Waals surface area contributed by atoms with Crippen molar-refractivity contribution in [1.82, 2.24) is 5.09 Å². The minimum absolute atomic E-state index is 0.0222. The number of carbonyl (C=O) groups excluding carboxylic acids is 1. The number of esters is 1. The van der Waals surface area contributed by atoms with Crippen molar-refractivity contribution in [2.45, 2.75) is 26.0 Å². The number of nitro groups is 1. The molecule has 0 aliphatic rings. The predicted octanol–water partition coefficient (Wildman–Crippen LogP) is 3.72. The highest BCUT2D eigenvalue weighted by Crippen LogP contribution is 2.45. The standard InChI is InChI=1S/C19H23N2O8P/c1-14(26-3)13-27-19(22)15(2)20-30(25,28-17-7-5-4-6-8-17)29-18-11-9-16(10-12-18)21(23)24/h4-12,14-15H,13H2,1-3H3,(H,20,25)/t14-,15+,30?/m1/s1. The monoisotopic (exact) mass is 438 g/mol. The van der Waals surface area contributed by atoms with Crippen molar-refractivity contribution in [2.75, 3.05) is 13.7 Å². The molecule has 11 heteroatoms. The summed E-state index contributed by atoms with van der Waals surface area (Å²) < 4.78 is 34.5. The third-order valence-corrected chi connectivity index (χ3v) is 5.42. The highest BCUT2D eigenvalue weighted by Gasteiger charge is 2.34. The van der Waals surface area contributed by atoms with Crippen LogP contribution in [0.1, 0.15) is 13.8 Å². The van der Waals surface area contributed by atoms with Crippen LogP contribution in [0.15, 0.2) is 54.6 Å². The lowest BCUT2D eigenvalue weighted by Crippen LogP contribution is -2.36. The van der Waals surface area contributed by atoms with E-state index in [0.29, 0.717) is 0 Å². The molecule has 2 rings (SSSR count). The molecular formula is C19H23N2O8P. The zero-order valence-electron chi connectivity index (χ0n) is 16.7. The van der Waals surface area contributed by atoms with Crippen LogP contribution in [0.25, 0.3) is 0 Å². The number of benzene rings is 2. The first-order chi connectivity index (χ1) is 14.2. The molecule has 0 saturated heterocycles. The van der Waals surface area contributed by atoms with Gasteiger partial charge in [0.05, 0.1) is 11.0 Å². The number of nitro benzene ring substituents is 1. The lowest BCUT2D eigenvalue weighted by molar-refractivity contribution is -0.384. The van der Waals surface area contributed by atoms with Gasteiger partial charge in [0.15, 0.2) is 0 Å². The first-order valence-electron chi connectivity index (χ1n) is 8.98. The lowest BCUT2D eigenvalue weighted by atomic mass is 10.3. The van der Waals surface area contributed by atoms with Gasteiger partial charge < -0.3 is 18.5 Å². The first-order valence-corrected chi connectivity index (χ1v) is 10.5. The SMILES string of the molecule is CO[C@H](C)COC(=O)[C@H](C)NP(=O)(Oc1ccccc1)Oc1ccc([N+](=O)[O-])cc1. The fourth-order valence-corrected chi connectivity index (χ4v) is 3.66. The molecule has 1 unspecified atom stereocenters. The van der Waals surface area contributed by atoms with Crippen LogP contribution >= 0.6 is 7.75 Å². The topological polar surface area (TPSA) is 126 Å². The number of methoxy groups -OCH3 is 1. The Labute approximate surface area is 173 Å². The summed E-state index contributed by atoms with van der Waals surface area (Å²) in [6.07, 6.45) is -0.301. The number of rotatable bonds is 11. The molecule has 0 saturated carbocycles. The minimum Gasteiger partial charge on any atom is -0.462 e. The molecule has 0 bridgehead atoms. The Morgan fingerprint density at radius 3 is 2.17 bits per heavy atom. The normalized spacial score (nSPS) is 14.8. The van der Waals surface area contributed by atoms with Gasteiger partial charge in [-0.2, -0.15) is 5.09 Å². The van der Waals surface area contributed by atoms with Gasteiger partial charge in [0.1, 0.15) is 24.1 Å². The van der Waals surface area contributed by atoms with Gasteiger partial charge in [-0.1, -0.05) is 18.2 Å². The van der Waals surface area contributed by atoms with E-state index in [1.165, 1.54) is 38.3 Å². The summed E-state index contributed by atoms with van der Waals surface area (Å²) in [7, 11) is -2.63. The fraction of sp³-hybridized carbons (Fsp3) is 0.316. The maximum absolute atomic E-state index is 13.4. The van der Waals surface area contributed by atoms with E-state index in [1.807, 2.05) is 0 Å². The van der Waals surface area contributed by atoms with Gasteiger partial charge in [-0.15, -0.1) is 0 Å². The molecule has 0 spiro atoms. The molecule has 1 N–H and O–H groups in total. The Morgan fingerprint density at radius 2 is 1.63 bits per heavy atom. The molecule has 0 aliphatic heterocycles. The first kappa shape index (κ1) is 23.3. The van der Waals surface area contributed by atoms with Crippen molar-refractivity contribution < 1.29 is 32.8 Å². The summed E-state index contributed by atoms with van der Waals surface area (Å²) in [6.45, 7) is 3.20. The number of ether oxygens (including phenoxy) is 2. The molecule has 0 fully saturated rings. The molecule has 0 aliphatic carbocycles. The number of non-ortho nitro benzene ring substituents is 1. The number of nitrogens with one attached hydrogen (secondary N) is 1. The Hall–Kier alpha value is -2.94. The second kappa shape index (κ2) is 10.7. The summed E-state index contributed by atoms with van der Waals surface area (Å²) in [5, 5.41) is 13.3. The summed E-state index contributed by atoms with van der Waals surface area (Å²) >= 11 is 0. The smallest absolute Gasteiger partial charge is 0.462 e. The summed E-state index contributed by atoms with van der Waals surface area (Å²) in [6, 6.07) is 12.2. The average molecular weight is 438 g/mol. The highest BCUT2D eigenvalue weighted by atomic mass is 31.2. The molecule has 30 heavy (non-hydrogen) atoms. The summed E-state index contributed by atoms with van der Waals surface area (Å²) in [5.41, 5.74) is -0.154. The zero-order valence-corrected chi connectivity index (χ0v) is 17.6. The molecule has 2 aromatic rings. The van der Waals surface area contributed by atoms with E-state index >= 15 is 0 Å². The van der Waals surface area contributed by atoms with Gasteiger partial charge in [-0.05, 0) is 38.1 Å². The van der Waals surface area contributed by atoms with Crippen molar-refractivity contribution in [3.05, 3.63) is 64.7 Å².